The molecule has 0 aromatic heterocycles. The van der Waals surface area contributed by atoms with Crippen LogP contribution in [0.3, 0.4) is 0 Å². The second-order valence-electron chi connectivity index (χ2n) is 1.92. The van der Waals surface area contributed by atoms with Gasteiger partial charge in [-0.1, -0.05) is 0 Å². The SMILES string of the molecule is [CH-]=C.[CH]1[CH][CH][CH][CH]1.[CH]1[CH][CH][CH][CH]1.[Cl][Ti+3]. The standard InChI is InChI=1S/2C5H5.C2H3.ClH.Ti/c2*1-2-4-5-3-1;1-2;;/h2*1-5H;1H,2H2;1H;/q;;-1;;+4/p-1. The molecule has 0 atom stereocenters. The van der Waals surface area contributed by atoms with E-state index in [4.69, 9.17) is 0 Å². The minimum atomic E-state index is 1.47. The summed E-state index contributed by atoms with van der Waals surface area (Å²) in [6.07, 6.45) is 20.0. The van der Waals surface area contributed by atoms with Gasteiger partial charge < -0.3 is 6.58 Å². The molecule has 10 radical (unpaired) electrons. The van der Waals surface area contributed by atoms with E-state index < -0.39 is 0 Å². The first-order chi connectivity index (χ1) is 7.00. The third-order valence-electron chi connectivity index (χ3n) is 1.11. The van der Waals surface area contributed by atoms with Crippen LogP contribution in [0.1, 0.15) is 0 Å². The van der Waals surface area contributed by atoms with E-state index >= 15 is 0 Å². The predicted molar refractivity (Wildman–Crippen MR) is 58.8 cm³/mol. The van der Waals surface area contributed by atoms with E-state index in [9.17, 15) is 0 Å². The van der Waals surface area contributed by atoms with E-state index in [1.807, 2.05) is 64.2 Å². The first-order valence-electron chi connectivity index (χ1n) is 3.93. The summed E-state index contributed by atoms with van der Waals surface area (Å²) in [4.78, 5) is 0. The summed E-state index contributed by atoms with van der Waals surface area (Å²) in [5.74, 6) is 0. The molecule has 0 aliphatic heterocycles. The second-order valence-corrected chi connectivity index (χ2v) is 1.92. The summed E-state index contributed by atoms with van der Waals surface area (Å²) >= 11 is 1.47. The summed E-state index contributed by atoms with van der Waals surface area (Å²) in [6.45, 7) is 7.00. The summed E-state index contributed by atoms with van der Waals surface area (Å²) < 4.78 is 0. The van der Waals surface area contributed by atoms with Gasteiger partial charge in [-0.3, -0.25) is 6.58 Å². The zero-order valence-corrected chi connectivity index (χ0v) is 10.3. The number of rotatable bonds is 0. The van der Waals surface area contributed by atoms with Gasteiger partial charge in [0.05, 0.1) is 0 Å². The summed E-state index contributed by atoms with van der Waals surface area (Å²) in [7, 11) is 4.64. The second kappa shape index (κ2) is 19.3. The Bertz CT molecular complexity index is 53.2. The Kier molecular flexibility index (Phi) is 23.7. The molecule has 70 valence electrons. The summed E-state index contributed by atoms with van der Waals surface area (Å²) in [6, 6.07) is 0. The van der Waals surface area contributed by atoms with Crippen LogP contribution in [0.4, 0.5) is 0 Å². The fourth-order valence-corrected chi connectivity index (χ4v) is 0.642. The quantitative estimate of drug-likeness (QED) is 0.450. The molecule has 0 amide bonds. The Morgan fingerprint density at radius 1 is 0.571 bits per heavy atom. The fraction of sp³-hybridized carbons (Fsp3) is 0. The normalized spacial score (nSPS) is 17.9. The van der Waals surface area contributed by atoms with Crippen molar-refractivity contribution in [2.75, 3.05) is 0 Å². The Morgan fingerprint density at radius 2 is 0.643 bits per heavy atom. The van der Waals surface area contributed by atoms with Crippen LogP contribution in [0.15, 0.2) is 6.58 Å². The van der Waals surface area contributed by atoms with E-state index in [1.54, 1.807) is 0 Å². The molecule has 2 fully saturated rings. The predicted octanol–water partition coefficient (Wildman–Crippen LogP) is 3.34. The molecule has 0 bridgehead atoms. The Morgan fingerprint density at radius 3 is 0.714 bits per heavy atom. The molecular formula is C12H13ClTi+2. The molecule has 2 aliphatic rings. The minimum absolute atomic E-state index is 1.47. The Balaban J connectivity index is 0. The van der Waals surface area contributed by atoms with Gasteiger partial charge in [-0.05, 0) is 64.2 Å². The number of hydrogen-bond acceptors (Lipinski definition) is 0. The van der Waals surface area contributed by atoms with Crippen molar-refractivity contribution in [2.45, 2.75) is 0 Å². The first-order valence-corrected chi connectivity index (χ1v) is 6.08. The topological polar surface area (TPSA) is 0 Å². The molecule has 0 heterocycles. The molecule has 2 heteroatoms. The van der Waals surface area contributed by atoms with Crippen LogP contribution in [0.25, 0.3) is 0 Å². The van der Waals surface area contributed by atoms with Crippen LogP contribution >= 0.6 is 9.30 Å². The van der Waals surface area contributed by atoms with Crippen LogP contribution < -0.4 is 0 Å². The van der Waals surface area contributed by atoms with Crippen LogP contribution in [-0.2, 0) is 19.4 Å². The molecule has 0 N–H and O–H groups in total. The van der Waals surface area contributed by atoms with Crippen LogP contribution in [-0.4, -0.2) is 0 Å². The molecule has 2 saturated carbocycles. The molecule has 0 spiro atoms. The van der Waals surface area contributed by atoms with Crippen LogP contribution in [0.5, 0.6) is 0 Å². The van der Waals surface area contributed by atoms with Crippen molar-refractivity contribution in [2.24, 2.45) is 0 Å². The molecule has 2 rings (SSSR count). The Hall–Kier alpha value is 0.744. The van der Waals surface area contributed by atoms with Crippen molar-refractivity contribution >= 4 is 9.30 Å². The van der Waals surface area contributed by atoms with Gasteiger partial charge in [-0.15, -0.1) is 0 Å². The average Bonchev–Trinajstić information content (AvgIpc) is 3.01. The average molecular weight is 241 g/mol. The molecule has 0 nitrogen and oxygen atoms in total. The molecule has 2 aliphatic carbocycles. The van der Waals surface area contributed by atoms with Crippen molar-refractivity contribution in [3.8, 4) is 0 Å². The molecular weight excluding hydrogens is 227 g/mol. The zero-order chi connectivity index (χ0) is 11.1. The monoisotopic (exact) mass is 240 g/mol. The molecule has 0 aromatic rings. The van der Waals surface area contributed by atoms with Gasteiger partial charge in [-0.25, -0.2) is 0 Å². The Labute approximate surface area is 106 Å². The van der Waals surface area contributed by atoms with Gasteiger partial charge in [0.15, 0.2) is 0 Å². The molecule has 14 heavy (non-hydrogen) atoms. The van der Waals surface area contributed by atoms with Gasteiger partial charge in [-0.2, -0.15) is 0 Å². The third kappa shape index (κ3) is 15.2. The van der Waals surface area contributed by atoms with Crippen LogP contribution in [0.2, 0.25) is 0 Å². The van der Waals surface area contributed by atoms with Crippen LogP contribution in [0, 0.1) is 70.8 Å². The number of halogens is 1. The first kappa shape index (κ1) is 17.1. The van der Waals surface area contributed by atoms with E-state index in [2.05, 4.69) is 22.5 Å². The molecule has 0 saturated heterocycles. The summed E-state index contributed by atoms with van der Waals surface area (Å²) in [5, 5.41) is 0. The molecule has 0 aromatic carbocycles. The van der Waals surface area contributed by atoms with E-state index in [0.717, 1.165) is 0 Å². The molecule has 0 unspecified atom stereocenters. The maximum absolute atomic E-state index is 4.64. The van der Waals surface area contributed by atoms with Crippen molar-refractivity contribution < 1.29 is 19.4 Å². The van der Waals surface area contributed by atoms with Gasteiger partial charge in [0.25, 0.3) is 0 Å². The van der Waals surface area contributed by atoms with Gasteiger partial charge in [0.2, 0.25) is 0 Å². The van der Waals surface area contributed by atoms with Crippen molar-refractivity contribution in [3.63, 3.8) is 0 Å². The van der Waals surface area contributed by atoms with E-state index in [0.29, 0.717) is 0 Å². The van der Waals surface area contributed by atoms with Gasteiger partial charge >= 0.3 is 28.7 Å². The fourth-order valence-electron chi connectivity index (χ4n) is 0.642. The van der Waals surface area contributed by atoms with E-state index in [-0.39, 0.29) is 0 Å². The van der Waals surface area contributed by atoms with Crippen molar-refractivity contribution in [1.29, 1.82) is 0 Å². The maximum atomic E-state index is 4.64. The van der Waals surface area contributed by atoms with E-state index in [1.165, 1.54) is 19.4 Å². The van der Waals surface area contributed by atoms with Gasteiger partial charge in [0, 0.05) is 0 Å². The summed E-state index contributed by atoms with van der Waals surface area (Å²) in [5.41, 5.74) is 0. The number of hydrogen-bond donors (Lipinski definition) is 0. The van der Waals surface area contributed by atoms with Crippen molar-refractivity contribution in [1.82, 2.24) is 0 Å². The van der Waals surface area contributed by atoms with Gasteiger partial charge in [0.1, 0.15) is 0 Å². The zero-order valence-electron chi connectivity index (χ0n) is 7.94. The third-order valence-corrected chi connectivity index (χ3v) is 1.11. The van der Waals surface area contributed by atoms with Crippen molar-refractivity contribution in [3.05, 3.63) is 77.4 Å².